The highest BCUT2D eigenvalue weighted by atomic mass is 16.6. The van der Waals surface area contributed by atoms with Crippen LogP contribution in [0.4, 0.5) is 0 Å². The molecule has 0 saturated heterocycles. The number of nitrogens with zero attached hydrogens (tertiary/aromatic N) is 1. The molecule has 0 heterocycles. The van der Waals surface area contributed by atoms with Gasteiger partial charge in [-0.25, -0.2) is 0 Å². The number of hydrogen-bond donors (Lipinski definition) is 0. The van der Waals surface area contributed by atoms with Crippen LogP contribution < -0.4 is 5.11 Å². The molecule has 0 amide bonds. The standard InChI is InChI=1S/C50H95NO7/c1-6-8-10-12-14-16-18-19-20-21-22-23-24-25-26-27-28-29-31-33-35-37-39-41-49(53)58-46(44-56-43-42-47(50(54)55)51(3,4)5)45-57-48(52)40-38-36-34-32-30-17-15-13-11-9-7-2/h13,15,46-47H,6-12,14,16-45H2,1-5H3/b15-13+. The quantitative estimate of drug-likeness (QED) is 0.0261. The van der Waals surface area contributed by atoms with E-state index in [1.807, 2.05) is 0 Å². The van der Waals surface area contributed by atoms with E-state index in [4.69, 9.17) is 14.2 Å². The number of rotatable bonds is 45. The molecule has 8 heteroatoms. The predicted molar refractivity (Wildman–Crippen MR) is 241 cm³/mol. The Morgan fingerprint density at radius 3 is 1.29 bits per heavy atom. The zero-order chi connectivity index (χ0) is 42.8. The number of carboxylic acids is 1. The normalized spacial score (nSPS) is 12.9. The Morgan fingerprint density at radius 1 is 0.500 bits per heavy atom. The predicted octanol–water partition coefficient (Wildman–Crippen LogP) is 12.5. The van der Waals surface area contributed by atoms with Gasteiger partial charge in [0.15, 0.2) is 6.10 Å². The second kappa shape index (κ2) is 41.8. The molecule has 0 aliphatic rings. The maximum atomic E-state index is 12.8. The van der Waals surface area contributed by atoms with Gasteiger partial charge in [0, 0.05) is 19.3 Å². The van der Waals surface area contributed by atoms with Crippen molar-refractivity contribution in [2.45, 2.75) is 251 Å². The molecule has 342 valence electrons. The molecule has 8 nitrogen and oxygen atoms in total. The number of carboxylic acid groups (broad SMARTS) is 1. The van der Waals surface area contributed by atoms with Crippen molar-refractivity contribution in [1.29, 1.82) is 0 Å². The number of carbonyl (C=O) groups is 3. The lowest BCUT2D eigenvalue weighted by molar-refractivity contribution is -0.889. The number of likely N-dealkylation sites (N-methyl/N-ethyl adjacent to an activating group) is 1. The topological polar surface area (TPSA) is 102 Å². The molecule has 0 N–H and O–H groups in total. The molecule has 0 bridgehead atoms. The highest BCUT2D eigenvalue weighted by Gasteiger charge is 2.25. The third kappa shape index (κ3) is 39.5. The van der Waals surface area contributed by atoms with Crippen molar-refractivity contribution in [1.82, 2.24) is 0 Å². The fourth-order valence-corrected chi connectivity index (χ4v) is 7.52. The number of unbranched alkanes of at least 4 members (excludes halogenated alkanes) is 29. The lowest BCUT2D eigenvalue weighted by Crippen LogP contribution is -2.55. The Balaban J connectivity index is 4.14. The van der Waals surface area contributed by atoms with Crippen LogP contribution in [0.1, 0.15) is 239 Å². The minimum absolute atomic E-state index is 0.0439. The second-order valence-electron chi connectivity index (χ2n) is 18.1. The molecule has 0 radical (unpaired) electrons. The van der Waals surface area contributed by atoms with Crippen LogP contribution in [0.25, 0.3) is 0 Å². The Hall–Kier alpha value is -1.93. The highest BCUT2D eigenvalue weighted by molar-refractivity contribution is 5.70. The van der Waals surface area contributed by atoms with Crippen molar-refractivity contribution in [3.8, 4) is 0 Å². The van der Waals surface area contributed by atoms with E-state index in [1.54, 1.807) is 21.1 Å². The molecule has 0 aliphatic carbocycles. The van der Waals surface area contributed by atoms with E-state index in [2.05, 4.69) is 26.0 Å². The third-order valence-corrected chi connectivity index (χ3v) is 11.4. The van der Waals surface area contributed by atoms with Crippen molar-refractivity contribution in [3.05, 3.63) is 12.2 Å². The first kappa shape index (κ1) is 56.1. The van der Waals surface area contributed by atoms with E-state index < -0.39 is 18.1 Å². The van der Waals surface area contributed by atoms with Crippen LogP contribution >= 0.6 is 0 Å². The lowest BCUT2D eigenvalue weighted by Gasteiger charge is -2.34. The SMILES string of the molecule is CCCC/C=C/CCCCCCCC(=O)OCC(COCCC(C(=O)[O-])[N+](C)(C)C)OC(=O)CCCCCCCCCCCCCCCCCCCCCCCCC. The summed E-state index contributed by atoms with van der Waals surface area (Å²) in [6.07, 6.45) is 45.4. The van der Waals surface area contributed by atoms with E-state index >= 15 is 0 Å². The Morgan fingerprint density at radius 2 is 0.879 bits per heavy atom. The average Bonchev–Trinajstić information content (AvgIpc) is 3.18. The van der Waals surface area contributed by atoms with Crippen LogP contribution in [0.3, 0.4) is 0 Å². The largest absolute Gasteiger partial charge is 0.544 e. The van der Waals surface area contributed by atoms with Crippen LogP contribution in [0, 0.1) is 0 Å². The minimum Gasteiger partial charge on any atom is -0.544 e. The summed E-state index contributed by atoms with van der Waals surface area (Å²) >= 11 is 0. The molecule has 0 aliphatic heterocycles. The smallest absolute Gasteiger partial charge is 0.306 e. The minimum atomic E-state index is -1.12. The number of allylic oxidation sites excluding steroid dienone is 2. The molecule has 0 rings (SSSR count). The molecular formula is C50H95NO7. The molecular weight excluding hydrogens is 727 g/mol. The van der Waals surface area contributed by atoms with Gasteiger partial charge in [-0.15, -0.1) is 0 Å². The van der Waals surface area contributed by atoms with Gasteiger partial charge in [-0.1, -0.05) is 199 Å². The molecule has 0 aromatic carbocycles. The number of esters is 2. The molecule has 0 spiro atoms. The van der Waals surface area contributed by atoms with Gasteiger partial charge < -0.3 is 28.6 Å². The number of hydrogen-bond acceptors (Lipinski definition) is 7. The summed E-state index contributed by atoms with van der Waals surface area (Å²) < 4.78 is 17.2. The Bertz CT molecular complexity index is 962. The van der Waals surface area contributed by atoms with Gasteiger partial charge >= 0.3 is 11.9 Å². The number of carbonyl (C=O) groups excluding carboxylic acids is 3. The second-order valence-corrected chi connectivity index (χ2v) is 18.1. The van der Waals surface area contributed by atoms with E-state index in [1.165, 1.54) is 154 Å². The average molecular weight is 822 g/mol. The summed E-state index contributed by atoms with van der Waals surface area (Å²) in [7, 11) is 5.42. The van der Waals surface area contributed by atoms with Gasteiger partial charge in [-0.3, -0.25) is 9.59 Å². The van der Waals surface area contributed by atoms with Crippen molar-refractivity contribution in [2.24, 2.45) is 0 Å². The van der Waals surface area contributed by atoms with Crippen molar-refractivity contribution < 1.29 is 38.2 Å². The Labute approximate surface area is 359 Å². The van der Waals surface area contributed by atoms with Gasteiger partial charge in [0.2, 0.25) is 0 Å². The van der Waals surface area contributed by atoms with E-state index in [9.17, 15) is 19.5 Å². The summed E-state index contributed by atoms with van der Waals surface area (Å²) in [6, 6.07) is -0.722. The fourth-order valence-electron chi connectivity index (χ4n) is 7.52. The van der Waals surface area contributed by atoms with E-state index in [0.717, 1.165) is 51.4 Å². The fraction of sp³-hybridized carbons (Fsp3) is 0.900. The lowest BCUT2D eigenvalue weighted by atomic mass is 10.0. The number of aliphatic carboxylic acids is 1. The van der Waals surface area contributed by atoms with Crippen LogP contribution in [0.5, 0.6) is 0 Å². The van der Waals surface area contributed by atoms with E-state index in [0.29, 0.717) is 12.8 Å². The first-order valence-electron chi connectivity index (χ1n) is 24.7. The van der Waals surface area contributed by atoms with Crippen molar-refractivity contribution in [3.63, 3.8) is 0 Å². The first-order valence-corrected chi connectivity index (χ1v) is 24.7. The van der Waals surface area contributed by atoms with Crippen LogP contribution in [0.15, 0.2) is 12.2 Å². The van der Waals surface area contributed by atoms with Gasteiger partial charge in [0.05, 0.1) is 40.3 Å². The summed E-state index contributed by atoms with van der Waals surface area (Å²) in [5.41, 5.74) is 0. The van der Waals surface area contributed by atoms with Gasteiger partial charge in [0.1, 0.15) is 12.6 Å². The number of ether oxygens (including phenoxy) is 3. The van der Waals surface area contributed by atoms with Gasteiger partial charge in [-0.2, -0.15) is 0 Å². The van der Waals surface area contributed by atoms with Crippen LogP contribution in [0.2, 0.25) is 0 Å². The summed E-state index contributed by atoms with van der Waals surface area (Å²) in [5, 5.41) is 11.6. The molecule has 0 saturated carbocycles. The third-order valence-electron chi connectivity index (χ3n) is 11.4. The van der Waals surface area contributed by atoms with Gasteiger partial charge in [-0.05, 0) is 32.1 Å². The summed E-state index contributed by atoms with van der Waals surface area (Å²) in [6.45, 7) is 4.65. The van der Waals surface area contributed by atoms with Crippen LogP contribution in [-0.2, 0) is 28.6 Å². The molecule has 2 atom stereocenters. The van der Waals surface area contributed by atoms with Gasteiger partial charge in [0.25, 0.3) is 0 Å². The molecule has 0 aromatic heterocycles. The summed E-state index contributed by atoms with van der Waals surface area (Å²) in [4.78, 5) is 36.9. The van der Waals surface area contributed by atoms with Crippen molar-refractivity contribution >= 4 is 17.9 Å². The number of quaternary nitrogens is 1. The van der Waals surface area contributed by atoms with E-state index in [-0.39, 0.29) is 42.7 Å². The highest BCUT2D eigenvalue weighted by Crippen LogP contribution is 2.17. The molecule has 58 heavy (non-hydrogen) atoms. The zero-order valence-electron chi connectivity index (χ0n) is 39.0. The first-order chi connectivity index (χ1) is 28.1. The molecule has 0 fully saturated rings. The molecule has 0 aromatic rings. The van der Waals surface area contributed by atoms with Crippen molar-refractivity contribution in [2.75, 3.05) is 41.0 Å². The maximum absolute atomic E-state index is 12.8. The summed E-state index contributed by atoms with van der Waals surface area (Å²) in [5.74, 6) is -1.73. The zero-order valence-corrected chi connectivity index (χ0v) is 39.0. The van der Waals surface area contributed by atoms with Crippen LogP contribution in [-0.4, -0.2) is 75.5 Å². The monoisotopic (exact) mass is 822 g/mol. The Kier molecular flexibility index (Phi) is 40.4. The maximum Gasteiger partial charge on any atom is 0.306 e. The molecule has 2 unspecified atom stereocenters.